The number of carbonyl (C=O) groups excluding carboxylic acids is 3. The van der Waals surface area contributed by atoms with Crippen molar-refractivity contribution in [1.82, 2.24) is 19.8 Å². The smallest absolute Gasteiger partial charge is 0.324 e. The molecule has 0 atom stereocenters. The van der Waals surface area contributed by atoms with Gasteiger partial charge in [0.2, 0.25) is 0 Å². The minimum Gasteiger partial charge on any atom is -0.324 e. The number of benzene rings is 2. The lowest BCUT2D eigenvalue weighted by Crippen LogP contribution is -2.32. The molecule has 1 aliphatic rings. The first-order valence-corrected chi connectivity index (χ1v) is 7.71. The molecule has 4 rings (SSSR count). The standard InChI is InChI=1S/C18H12N4O4/c1-21-10-19-15(20-21)11-6-8-12(9-7-11)18(25)26-22-16(23)13-4-2-3-5-14(13)17(22)24/h2-10H,1H3. The second-order valence-electron chi connectivity index (χ2n) is 5.65. The van der Waals surface area contributed by atoms with E-state index in [4.69, 9.17) is 4.84 Å². The molecule has 2 heterocycles. The van der Waals surface area contributed by atoms with E-state index in [1.807, 2.05) is 0 Å². The van der Waals surface area contributed by atoms with Crippen LogP contribution in [-0.4, -0.2) is 37.6 Å². The van der Waals surface area contributed by atoms with Crippen LogP contribution in [0.4, 0.5) is 0 Å². The first-order chi connectivity index (χ1) is 12.5. The van der Waals surface area contributed by atoms with Crippen LogP contribution < -0.4 is 0 Å². The fourth-order valence-electron chi connectivity index (χ4n) is 2.61. The molecule has 0 spiro atoms. The van der Waals surface area contributed by atoms with Crippen LogP contribution in [0.5, 0.6) is 0 Å². The van der Waals surface area contributed by atoms with E-state index in [0.717, 1.165) is 5.56 Å². The molecule has 0 unspecified atom stereocenters. The topological polar surface area (TPSA) is 94.4 Å². The van der Waals surface area contributed by atoms with Gasteiger partial charge in [-0.3, -0.25) is 14.3 Å². The van der Waals surface area contributed by atoms with Gasteiger partial charge in [0, 0.05) is 12.6 Å². The molecular formula is C18H12N4O4. The van der Waals surface area contributed by atoms with Gasteiger partial charge in [0.1, 0.15) is 6.33 Å². The van der Waals surface area contributed by atoms with Gasteiger partial charge in [-0.25, -0.2) is 9.78 Å². The van der Waals surface area contributed by atoms with Crippen LogP contribution in [0.2, 0.25) is 0 Å². The molecule has 0 fully saturated rings. The average Bonchev–Trinajstić information content (AvgIpc) is 3.20. The highest BCUT2D eigenvalue weighted by Gasteiger charge is 2.38. The molecule has 8 nitrogen and oxygen atoms in total. The molecule has 2 amide bonds. The SMILES string of the molecule is Cn1cnc(-c2ccc(C(=O)ON3C(=O)c4ccccc4C3=O)cc2)n1. The molecule has 0 bridgehead atoms. The Kier molecular flexibility index (Phi) is 3.58. The van der Waals surface area contributed by atoms with Gasteiger partial charge in [0.25, 0.3) is 11.8 Å². The lowest BCUT2D eigenvalue weighted by Gasteiger charge is -2.12. The number of aryl methyl sites for hydroxylation is 1. The molecule has 8 heteroatoms. The summed E-state index contributed by atoms with van der Waals surface area (Å²) in [6.45, 7) is 0. The average molecular weight is 348 g/mol. The molecule has 0 radical (unpaired) electrons. The summed E-state index contributed by atoms with van der Waals surface area (Å²) in [6.07, 6.45) is 1.57. The first-order valence-electron chi connectivity index (χ1n) is 7.71. The van der Waals surface area contributed by atoms with Gasteiger partial charge in [0.05, 0.1) is 16.7 Å². The number of rotatable bonds is 3. The van der Waals surface area contributed by atoms with E-state index in [-0.39, 0.29) is 16.7 Å². The zero-order valence-electron chi connectivity index (χ0n) is 13.6. The normalized spacial score (nSPS) is 13.0. The summed E-state index contributed by atoms with van der Waals surface area (Å²) in [5.41, 5.74) is 1.34. The lowest BCUT2D eigenvalue weighted by atomic mass is 10.1. The van der Waals surface area contributed by atoms with Crippen LogP contribution in [0.25, 0.3) is 11.4 Å². The predicted molar refractivity (Wildman–Crippen MR) is 88.8 cm³/mol. The van der Waals surface area contributed by atoms with E-state index in [0.29, 0.717) is 10.9 Å². The van der Waals surface area contributed by atoms with Gasteiger partial charge >= 0.3 is 5.97 Å². The minimum atomic E-state index is -0.806. The largest absolute Gasteiger partial charge is 0.363 e. The third kappa shape index (κ3) is 2.53. The Morgan fingerprint density at radius 2 is 1.58 bits per heavy atom. The van der Waals surface area contributed by atoms with Crippen molar-refractivity contribution in [2.24, 2.45) is 7.05 Å². The lowest BCUT2D eigenvalue weighted by molar-refractivity contribution is -0.0584. The number of fused-ring (bicyclic) bond motifs is 1. The van der Waals surface area contributed by atoms with Crippen molar-refractivity contribution in [3.05, 3.63) is 71.5 Å². The van der Waals surface area contributed by atoms with Crippen molar-refractivity contribution in [2.45, 2.75) is 0 Å². The number of carbonyl (C=O) groups is 3. The number of aromatic nitrogens is 3. The summed E-state index contributed by atoms with van der Waals surface area (Å²) in [5, 5.41) is 4.66. The van der Waals surface area contributed by atoms with Crippen molar-refractivity contribution < 1.29 is 19.2 Å². The molecule has 0 N–H and O–H groups in total. The Balaban J connectivity index is 1.52. The monoisotopic (exact) mass is 348 g/mol. The summed E-state index contributed by atoms with van der Waals surface area (Å²) < 4.78 is 1.57. The van der Waals surface area contributed by atoms with Crippen molar-refractivity contribution in [1.29, 1.82) is 0 Å². The Hall–Kier alpha value is -3.81. The highest BCUT2D eigenvalue weighted by molar-refractivity contribution is 6.21. The van der Waals surface area contributed by atoms with Gasteiger partial charge < -0.3 is 4.84 Å². The molecule has 1 aliphatic heterocycles. The first kappa shape index (κ1) is 15.7. The van der Waals surface area contributed by atoms with Crippen molar-refractivity contribution in [3.63, 3.8) is 0 Å². The van der Waals surface area contributed by atoms with E-state index >= 15 is 0 Å². The predicted octanol–water partition coefficient (Wildman–Crippen LogP) is 1.85. The number of hydroxylamine groups is 2. The molecular weight excluding hydrogens is 336 g/mol. The van der Waals surface area contributed by atoms with E-state index in [2.05, 4.69) is 10.1 Å². The number of nitrogens with zero attached hydrogens (tertiary/aromatic N) is 4. The number of hydrogen-bond donors (Lipinski definition) is 0. The van der Waals surface area contributed by atoms with Gasteiger partial charge in [-0.05, 0) is 24.3 Å². The molecule has 2 aromatic carbocycles. The Labute approximate surface area is 147 Å². The van der Waals surface area contributed by atoms with Gasteiger partial charge in [-0.2, -0.15) is 5.10 Å². The van der Waals surface area contributed by atoms with Crippen LogP contribution in [0.3, 0.4) is 0 Å². The summed E-state index contributed by atoms with van der Waals surface area (Å²) in [5.74, 6) is -1.60. The van der Waals surface area contributed by atoms with Crippen LogP contribution in [0.1, 0.15) is 31.1 Å². The summed E-state index contributed by atoms with van der Waals surface area (Å²) >= 11 is 0. The Morgan fingerprint density at radius 3 is 2.12 bits per heavy atom. The summed E-state index contributed by atoms with van der Waals surface area (Å²) in [7, 11) is 1.75. The molecule has 1 aromatic heterocycles. The van der Waals surface area contributed by atoms with E-state index in [1.165, 1.54) is 24.3 Å². The highest BCUT2D eigenvalue weighted by Crippen LogP contribution is 2.23. The molecule has 128 valence electrons. The van der Waals surface area contributed by atoms with Gasteiger partial charge in [0.15, 0.2) is 5.82 Å². The van der Waals surface area contributed by atoms with Crippen LogP contribution in [-0.2, 0) is 11.9 Å². The van der Waals surface area contributed by atoms with Crippen LogP contribution >= 0.6 is 0 Å². The molecule has 0 aliphatic carbocycles. The highest BCUT2D eigenvalue weighted by atomic mass is 16.7. The van der Waals surface area contributed by atoms with Crippen LogP contribution in [0.15, 0.2) is 54.9 Å². The Bertz CT molecular complexity index is 1000. The summed E-state index contributed by atoms with van der Waals surface area (Å²) in [6, 6.07) is 12.7. The molecule has 0 saturated heterocycles. The third-order valence-electron chi connectivity index (χ3n) is 3.91. The van der Waals surface area contributed by atoms with E-state index in [9.17, 15) is 14.4 Å². The summed E-state index contributed by atoms with van der Waals surface area (Å²) in [4.78, 5) is 45.9. The molecule has 0 saturated carbocycles. The minimum absolute atomic E-state index is 0.196. The fraction of sp³-hybridized carbons (Fsp3) is 0.0556. The molecule has 3 aromatic rings. The zero-order chi connectivity index (χ0) is 18.3. The van der Waals surface area contributed by atoms with E-state index < -0.39 is 17.8 Å². The van der Waals surface area contributed by atoms with Crippen molar-refractivity contribution >= 4 is 17.8 Å². The maximum Gasteiger partial charge on any atom is 0.363 e. The zero-order valence-corrected chi connectivity index (χ0v) is 13.6. The number of imide groups is 1. The second kappa shape index (κ2) is 5.92. The Morgan fingerprint density at radius 1 is 0.962 bits per heavy atom. The third-order valence-corrected chi connectivity index (χ3v) is 3.91. The maximum absolute atomic E-state index is 12.3. The van der Waals surface area contributed by atoms with Gasteiger partial charge in [-0.15, -0.1) is 0 Å². The number of hydrogen-bond acceptors (Lipinski definition) is 6. The van der Waals surface area contributed by atoms with Gasteiger partial charge in [-0.1, -0.05) is 29.3 Å². The quantitative estimate of drug-likeness (QED) is 0.671. The van der Waals surface area contributed by atoms with Crippen LogP contribution in [0, 0.1) is 0 Å². The maximum atomic E-state index is 12.3. The van der Waals surface area contributed by atoms with E-state index in [1.54, 1.807) is 42.3 Å². The molecule has 26 heavy (non-hydrogen) atoms. The fourth-order valence-corrected chi connectivity index (χ4v) is 2.61. The number of amides is 2. The van der Waals surface area contributed by atoms with Crippen molar-refractivity contribution in [2.75, 3.05) is 0 Å². The second-order valence-corrected chi connectivity index (χ2v) is 5.65. The van der Waals surface area contributed by atoms with Crippen molar-refractivity contribution in [3.8, 4) is 11.4 Å².